The lowest BCUT2D eigenvalue weighted by Crippen LogP contribution is -2.22. The van der Waals surface area contributed by atoms with Crippen LogP contribution >= 0.6 is 0 Å². The highest BCUT2D eigenvalue weighted by Gasteiger charge is 2.21. The summed E-state index contributed by atoms with van der Waals surface area (Å²) in [6, 6.07) is 0. The van der Waals surface area contributed by atoms with Gasteiger partial charge in [0, 0.05) is 13.0 Å². The molecule has 0 bridgehead atoms. The number of aliphatic hydroxyl groups is 1. The Morgan fingerprint density at radius 2 is 2.33 bits per heavy atom. The quantitative estimate of drug-likeness (QED) is 0.478. The number of aliphatic hydroxyl groups excluding tert-OH is 1. The largest absolute Gasteiger partial charge is 0.393 e. The van der Waals surface area contributed by atoms with E-state index < -0.39 is 0 Å². The molecule has 2 unspecified atom stereocenters. The number of hydrogen-bond acceptors (Lipinski definition) is 2. The highest BCUT2D eigenvalue weighted by molar-refractivity contribution is 4.84. The van der Waals surface area contributed by atoms with Gasteiger partial charge in [-0.3, -0.25) is 0 Å². The molecule has 1 fully saturated rings. The Hall–Kier alpha value is -0.520. The Morgan fingerprint density at radius 1 is 1.50 bits per heavy atom. The fraction of sp³-hybridized carbons (Fsp3) is 0.800. The zero-order chi connectivity index (χ0) is 8.81. The fourth-order valence-electron chi connectivity index (χ4n) is 1.70. The molecule has 12 heavy (non-hydrogen) atoms. The maximum atomic E-state index is 9.24. The van der Waals surface area contributed by atoms with E-state index in [0.29, 0.717) is 5.92 Å². The van der Waals surface area contributed by atoms with E-state index in [4.69, 9.17) is 6.42 Å². The number of terminal acetylenes is 1. The van der Waals surface area contributed by atoms with Crippen molar-refractivity contribution in [1.82, 2.24) is 5.32 Å². The summed E-state index contributed by atoms with van der Waals surface area (Å²) in [5, 5.41) is 12.5. The van der Waals surface area contributed by atoms with E-state index >= 15 is 0 Å². The van der Waals surface area contributed by atoms with Crippen LogP contribution in [0.5, 0.6) is 0 Å². The van der Waals surface area contributed by atoms with Gasteiger partial charge in [0.2, 0.25) is 0 Å². The van der Waals surface area contributed by atoms with Gasteiger partial charge in [-0.15, -0.1) is 12.3 Å². The number of rotatable bonds is 4. The van der Waals surface area contributed by atoms with Gasteiger partial charge in [0.1, 0.15) is 0 Å². The minimum Gasteiger partial charge on any atom is -0.393 e. The molecule has 0 spiro atoms. The SMILES string of the molecule is C#CCCNCC1CCC(O)C1. The molecule has 0 aromatic rings. The van der Waals surface area contributed by atoms with Gasteiger partial charge < -0.3 is 10.4 Å². The van der Waals surface area contributed by atoms with Gasteiger partial charge in [-0.05, 0) is 31.7 Å². The maximum Gasteiger partial charge on any atom is 0.0543 e. The van der Waals surface area contributed by atoms with E-state index in [1.165, 1.54) is 0 Å². The molecule has 1 aliphatic rings. The van der Waals surface area contributed by atoms with Gasteiger partial charge in [0.05, 0.1) is 6.10 Å². The summed E-state index contributed by atoms with van der Waals surface area (Å²) in [5.74, 6) is 3.25. The number of nitrogens with one attached hydrogen (secondary N) is 1. The summed E-state index contributed by atoms with van der Waals surface area (Å²) in [5.41, 5.74) is 0. The monoisotopic (exact) mass is 167 g/mol. The average molecular weight is 167 g/mol. The Kier molecular flexibility index (Phi) is 4.13. The van der Waals surface area contributed by atoms with Gasteiger partial charge in [-0.25, -0.2) is 0 Å². The van der Waals surface area contributed by atoms with E-state index in [1.54, 1.807) is 0 Å². The molecule has 2 heteroatoms. The van der Waals surface area contributed by atoms with Crippen LogP contribution in [0, 0.1) is 18.3 Å². The van der Waals surface area contributed by atoms with Crippen LogP contribution in [0.25, 0.3) is 0 Å². The molecule has 2 atom stereocenters. The Balaban J connectivity index is 1.97. The van der Waals surface area contributed by atoms with Crippen molar-refractivity contribution in [3.63, 3.8) is 0 Å². The summed E-state index contributed by atoms with van der Waals surface area (Å²) >= 11 is 0. The zero-order valence-corrected chi connectivity index (χ0v) is 7.42. The van der Waals surface area contributed by atoms with Crippen LogP contribution in [-0.2, 0) is 0 Å². The van der Waals surface area contributed by atoms with E-state index in [2.05, 4.69) is 11.2 Å². The first kappa shape index (κ1) is 9.57. The second kappa shape index (κ2) is 5.18. The van der Waals surface area contributed by atoms with Gasteiger partial charge in [0.25, 0.3) is 0 Å². The Labute approximate surface area is 74.4 Å². The standard InChI is InChI=1S/C10H17NO/c1-2-3-6-11-8-9-4-5-10(12)7-9/h1,9-12H,3-8H2. The third kappa shape index (κ3) is 3.25. The molecule has 2 N–H and O–H groups in total. The third-order valence-corrected chi connectivity index (χ3v) is 2.39. The summed E-state index contributed by atoms with van der Waals surface area (Å²) in [6.07, 6.45) is 8.96. The van der Waals surface area contributed by atoms with E-state index in [1.807, 2.05) is 0 Å². The van der Waals surface area contributed by atoms with Crippen molar-refractivity contribution in [3.8, 4) is 12.3 Å². The molecule has 1 rings (SSSR count). The summed E-state index contributed by atoms with van der Waals surface area (Å²) in [4.78, 5) is 0. The first-order valence-electron chi connectivity index (χ1n) is 4.65. The minimum atomic E-state index is -0.0515. The molecule has 0 heterocycles. The maximum absolute atomic E-state index is 9.24. The Bertz CT molecular complexity index is 162. The van der Waals surface area contributed by atoms with Crippen LogP contribution in [0.1, 0.15) is 25.7 Å². The first-order valence-corrected chi connectivity index (χ1v) is 4.65. The predicted molar refractivity (Wildman–Crippen MR) is 49.7 cm³/mol. The zero-order valence-electron chi connectivity index (χ0n) is 7.42. The molecule has 0 aromatic carbocycles. The smallest absolute Gasteiger partial charge is 0.0543 e. The van der Waals surface area contributed by atoms with Gasteiger partial charge in [-0.1, -0.05) is 0 Å². The molecule has 1 saturated carbocycles. The van der Waals surface area contributed by atoms with Crippen LogP contribution in [0.15, 0.2) is 0 Å². The normalized spacial score (nSPS) is 28.7. The van der Waals surface area contributed by atoms with E-state index in [-0.39, 0.29) is 6.10 Å². The van der Waals surface area contributed by atoms with Crippen molar-refractivity contribution >= 4 is 0 Å². The minimum absolute atomic E-state index is 0.0515. The van der Waals surface area contributed by atoms with Crippen molar-refractivity contribution in [2.45, 2.75) is 31.8 Å². The lowest BCUT2D eigenvalue weighted by atomic mass is 10.1. The van der Waals surface area contributed by atoms with Crippen molar-refractivity contribution in [1.29, 1.82) is 0 Å². The van der Waals surface area contributed by atoms with Gasteiger partial charge in [-0.2, -0.15) is 0 Å². The summed E-state index contributed by atoms with van der Waals surface area (Å²) in [7, 11) is 0. The molecule has 0 amide bonds. The highest BCUT2D eigenvalue weighted by Crippen LogP contribution is 2.24. The topological polar surface area (TPSA) is 32.3 Å². The molecular weight excluding hydrogens is 150 g/mol. The fourth-order valence-corrected chi connectivity index (χ4v) is 1.70. The van der Waals surface area contributed by atoms with Crippen LogP contribution in [0.4, 0.5) is 0 Å². The van der Waals surface area contributed by atoms with Crippen molar-refractivity contribution in [3.05, 3.63) is 0 Å². The molecule has 1 aliphatic carbocycles. The Morgan fingerprint density at radius 3 is 2.92 bits per heavy atom. The first-order chi connectivity index (χ1) is 5.83. The van der Waals surface area contributed by atoms with E-state index in [0.717, 1.165) is 38.8 Å². The average Bonchev–Trinajstić information content (AvgIpc) is 2.45. The molecule has 2 nitrogen and oxygen atoms in total. The van der Waals surface area contributed by atoms with Crippen LogP contribution < -0.4 is 5.32 Å². The molecule has 0 radical (unpaired) electrons. The van der Waals surface area contributed by atoms with Crippen LogP contribution in [0.2, 0.25) is 0 Å². The van der Waals surface area contributed by atoms with Crippen LogP contribution in [0.3, 0.4) is 0 Å². The lowest BCUT2D eigenvalue weighted by Gasteiger charge is -2.09. The number of hydrogen-bond donors (Lipinski definition) is 2. The molecular formula is C10H17NO. The second-order valence-corrected chi connectivity index (χ2v) is 3.49. The van der Waals surface area contributed by atoms with Gasteiger partial charge in [0.15, 0.2) is 0 Å². The molecule has 0 aromatic heterocycles. The second-order valence-electron chi connectivity index (χ2n) is 3.49. The predicted octanol–water partition coefficient (Wildman–Crippen LogP) is 0.760. The molecule has 0 aliphatic heterocycles. The van der Waals surface area contributed by atoms with Crippen molar-refractivity contribution in [2.75, 3.05) is 13.1 Å². The third-order valence-electron chi connectivity index (χ3n) is 2.39. The van der Waals surface area contributed by atoms with Crippen molar-refractivity contribution < 1.29 is 5.11 Å². The highest BCUT2D eigenvalue weighted by atomic mass is 16.3. The van der Waals surface area contributed by atoms with Crippen LogP contribution in [-0.4, -0.2) is 24.3 Å². The molecule has 68 valence electrons. The van der Waals surface area contributed by atoms with Crippen molar-refractivity contribution in [2.24, 2.45) is 5.92 Å². The molecule has 0 saturated heterocycles. The van der Waals surface area contributed by atoms with Gasteiger partial charge >= 0.3 is 0 Å². The lowest BCUT2D eigenvalue weighted by molar-refractivity contribution is 0.177. The summed E-state index contributed by atoms with van der Waals surface area (Å²) in [6.45, 7) is 1.92. The van der Waals surface area contributed by atoms with E-state index in [9.17, 15) is 5.11 Å². The summed E-state index contributed by atoms with van der Waals surface area (Å²) < 4.78 is 0.